The molecule has 0 aliphatic heterocycles. The first-order valence-corrected chi connectivity index (χ1v) is 5.14. The van der Waals surface area contributed by atoms with Crippen LogP contribution in [-0.2, 0) is 0 Å². The van der Waals surface area contributed by atoms with E-state index < -0.39 is 0 Å². The summed E-state index contributed by atoms with van der Waals surface area (Å²) >= 11 is 0. The van der Waals surface area contributed by atoms with Gasteiger partial charge in [0, 0.05) is 23.1 Å². The second-order valence-corrected chi connectivity index (χ2v) is 3.83. The maximum Gasteiger partial charge on any atom is 0.214 e. The molecule has 0 saturated heterocycles. The Morgan fingerprint density at radius 2 is 1.73 bits per heavy atom. The molecule has 0 unspecified atom stereocenters. The highest BCUT2D eigenvalue weighted by Gasteiger charge is 2.08. The minimum Gasteiger partial charge on any atom is -0.166 e. The summed E-state index contributed by atoms with van der Waals surface area (Å²) < 4.78 is 2.18. The number of aromatic nitrogens is 1. The molecule has 0 aliphatic rings. The van der Waals surface area contributed by atoms with Crippen molar-refractivity contribution >= 4 is 16.3 Å². The Morgan fingerprint density at radius 3 is 2.67 bits per heavy atom. The highest BCUT2D eigenvalue weighted by atomic mass is 14.8. The van der Waals surface area contributed by atoms with Gasteiger partial charge in [0.2, 0.25) is 5.52 Å². The third kappa shape index (κ3) is 1.20. The van der Waals surface area contributed by atoms with Gasteiger partial charge in [-0.05, 0) is 24.4 Å². The van der Waals surface area contributed by atoms with E-state index in [1.54, 1.807) is 0 Å². The van der Waals surface area contributed by atoms with Crippen molar-refractivity contribution in [1.29, 1.82) is 0 Å². The number of hydrogen-bond donors (Lipinski definition) is 0. The average molecular weight is 194 g/mol. The van der Waals surface area contributed by atoms with Gasteiger partial charge in [-0.15, -0.1) is 0 Å². The summed E-state index contributed by atoms with van der Waals surface area (Å²) in [7, 11) is 0. The van der Waals surface area contributed by atoms with Crippen molar-refractivity contribution in [2.45, 2.75) is 6.92 Å². The van der Waals surface area contributed by atoms with E-state index in [0.717, 1.165) is 0 Å². The smallest absolute Gasteiger partial charge is 0.166 e. The first-order chi connectivity index (χ1) is 7.36. The molecule has 2 aromatic heterocycles. The van der Waals surface area contributed by atoms with Crippen LogP contribution in [0.3, 0.4) is 0 Å². The van der Waals surface area contributed by atoms with E-state index >= 15 is 0 Å². The van der Waals surface area contributed by atoms with Gasteiger partial charge >= 0.3 is 0 Å². The van der Waals surface area contributed by atoms with Gasteiger partial charge in [-0.3, -0.25) is 0 Å². The predicted molar refractivity (Wildman–Crippen MR) is 61.8 cm³/mol. The fourth-order valence-corrected chi connectivity index (χ4v) is 2.13. The molecule has 15 heavy (non-hydrogen) atoms. The fourth-order valence-electron chi connectivity index (χ4n) is 2.13. The van der Waals surface area contributed by atoms with Gasteiger partial charge in [-0.1, -0.05) is 18.2 Å². The van der Waals surface area contributed by atoms with Gasteiger partial charge in [0.15, 0.2) is 12.4 Å². The van der Waals surface area contributed by atoms with Gasteiger partial charge in [-0.25, -0.2) is 0 Å². The highest BCUT2D eigenvalue weighted by molar-refractivity contribution is 5.87. The molecule has 0 aliphatic carbocycles. The SMILES string of the molecule is Cc1c2ccccc2c[n+]2ccccc12. The third-order valence-electron chi connectivity index (χ3n) is 2.92. The van der Waals surface area contributed by atoms with Gasteiger partial charge in [0.1, 0.15) is 0 Å². The summed E-state index contributed by atoms with van der Waals surface area (Å²) in [6, 6.07) is 14.8. The molecular weight excluding hydrogens is 182 g/mol. The molecule has 0 saturated carbocycles. The maximum absolute atomic E-state index is 2.18. The zero-order chi connectivity index (χ0) is 10.3. The third-order valence-corrected chi connectivity index (χ3v) is 2.92. The number of pyridine rings is 2. The summed E-state index contributed by atoms with van der Waals surface area (Å²) in [4.78, 5) is 0. The number of hydrogen-bond acceptors (Lipinski definition) is 0. The topological polar surface area (TPSA) is 4.10 Å². The lowest BCUT2D eigenvalue weighted by molar-refractivity contribution is -0.510. The Morgan fingerprint density at radius 1 is 0.933 bits per heavy atom. The Balaban J connectivity index is 2.60. The van der Waals surface area contributed by atoms with Crippen LogP contribution < -0.4 is 4.40 Å². The summed E-state index contributed by atoms with van der Waals surface area (Å²) in [5.41, 5.74) is 2.62. The standard InChI is InChI=1S/C14H12N/c1-11-13-7-3-2-6-12(13)10-15-9-5-4-8-14(11)15/h2-10H,1H3/q+1. The lowest BCUT2D eigenvalue weighted by Gasteiger charge is -2.00. The van der Waals surface area contributed by atoms with Gasteiger partial charge in [0.25, 0.3) is 0 Å². The molecule has 0 spiro atoms. The predicted octanol–water partition coefficient (Wildman–Crippen LogP) is 2.89. The van der Waals surface area contributed by atoms with Crippen molar-refractivity contribution in [2.75, 3.05) is 0 Å². The molecule has 1 nitrogen and oxygen atoms in total. The summed E-state index contributed by atoms with van der Waals surface area (Å²) in [5.74, 6) is 0. The van der Waals surface area contributed by atoms with E-state index in [1.165, 1.54) is 21.9 Å². The van der Waals surface area contributed by atoms with Crippen LogP contribution in [0.4, 0.5) is 0 Å². The van der Waals surface area contributed by atoms with Crippen molar-refractivity contribution in [3.8, 4) is 0 Å². The summed E-state index contributed by atoms with van der Waals surface area (Å²) in [5, 5.41) is 2.63. The number of nitrogens with zero attached hydrogens (tertiary/aromatic N) is 1. The molecule has 3 aromatic rings. The monoisotopic (exact) mass is 194 g/mol. The molecule has 0 amide bonds. The van der Waals surface area contributed by atoms with Crippen LogP contribution in [-0.4, -0.2) is 0 Å². The van der Waals surface area contributed by atoms with E-state index in [2.05, 4.69) is 66.2 Å². The molecular formula is C14H12N+. The molecule has 1 aromatic carbocycles. The lowest BCUT2D eigenvalue weighted by atomic mass is 10.1. The zero-order valence-corrected chi connectivity index (χ0v) is 8.64. The van der Waals surface area contributed by atoms with Crippen molar-refractivity contribution in [2.24, 2.45) is 0 Å². The molecule has 0 bridgehead atoms. The second kappa shape index (κ2) is 3.06. The molecule has 72 valence electrons. The van der Waals surface area contributed by atoms with Gasteiger partial charge < -0.3 is 0 Å². The second-order valence-electron chi connectivity index (χ2n) is 3.83. The largest absolute Gasteiger partial charge is 0.214 e. The zero-order valence-electron chi connectivity index (χ0n) is 8.64. The van der Waals surface area contributed by atoms with E-state index in [1.807, 2.05) is 0 Å². The van der Waals surface area contributed by atoms with E-state index in [9.17, 15) is 0 Å². The Labute approximate surface area is 88.6 Å². The lowest BCUT2D eigenvalue weighted by Crippen LogP contribution is -2.21. The van der Waals surface area contributed by atoms with Gasteiger partial charge in [0.05, 0.1) is 0 Å². The first kappa shape index (κ1) is 8.42. The Bertz CT molecular complexity index is 587. The number of fused-ring (bicyclic) bond motifs is 2. The van der Waals surface area contributed by atoms with Crippen LogP contribution in [0.25, 0.3) is 16.3 Å². The summed E-state index contributed by atoms with van der Waals surface area (Å²) in [6.45, 7) is 2.18. The van der Waals surface area contributed by atoms with Crippen LogP contribution in [0.1, 0.15) is 5.56 Å². The number of aryl methyl sites for hydroxylation is 1. The molecule has 1 heteroatoms. The van der Waals surface area contributed by atoms with Crippen LogP contribution >= 0.6 is 0 Å². The maximum atomic E-state index is 2.18. The molecule has 0 N–H and O–H groups in total. The molecule has 0 atom stereocenters. The van der Waals surface area contributed by atoms with E-state index in [0.29, 0.717) is 0 Å². The van der Waals surface area contributed by atoms with Crippen molar-refractivity contribution in [3.63, 3.8) is 0 Å². The average Bonchev–Trinajstić information content (AvgIpc) is 2.30. The van der Waals surface area contributed by atoms with Gasteiger partial charge in [-0.2, -0.15) is 4.40 Å². The normalized spacial score (nSPS) is 11.0. The molecule has 3 rings (SSSR count). The van der Waals surface area contributed by atoms with Crippen molar-refractivity contribution in [1.82, 2.24) is 0 Å². The molecule has 0 radical (unpaired) electrons. The summed E-state index contributed by atoms with van der Waals surface area (Å²) in [6.07, 6.45) is 4.27. The van der Waals surface area contributed by atoms with Crippen molar-refractivity contribution < 1.29 is 4.40 Å². The van der Waals surface area contributed by atoms with Crippen LogP contribution in [0.15, 0.2) is 54.9 Å². The minimum atomic E-state index is 1.27. The minimum absolute atomic E-state index is 1.27. The molecule has 2 heterocycles. The highest BCUT2D eigenvalue weighted by Crippen LogP contribution is 2.18. The van der Waals surface area contributed by atoms with Crippen LogP contribution in [0, 0.1) is 6.92 Å². The fraction of sp³-hybridized carbons (Fsp3) is 0.0714. The Hall–Kier alpha value is -1.89. The molecule has 0 fully saturated rings. The van der Waals surface area contributed by atoms with Crippen LogP contribution in [0.5, 0.6) is 0 Å². The first-order valence-electron chi connectivity index (χ1n) is 5.14. The number of rotatable bonds is 0. The number of benzene rings is 1. The van der Waals surface area contributed by atoms with Crippen LogP contribution in [0.2, 0.25) is 0 Å². The van der Waals surface area contributed by atoms with E-state index in [4.69, 9.17) is 0 Å². The quantitative estimate of drug-likeness (QED) is 0.383. The van der Waals surface area contributed by atoms with E-state index in [-0.39, 0.29) is 0 Å². The van der Waals surface area contributed by atoms with Crippen molar-refractivity contribution in [3.05, 3.63) is 60.4 Å². The Kier molecular flexibility index (Phi) is 1.72.